The number of hydrogen-bond donors (Lipinski definition) is 1. The molecule has 0 atom stereocenters. The Morgan fingerprint density at radius 2 is 1.48 bits per heavy atom. The van der Waals surface area contributed by atoms with Crippen molar-refractivity contribution in [3.05, 3.63) is 71.8 Å². The molecule has 154 valence electrons. The van der Waals surface area contributed by atoms with Crippen LogP contribution in [0.25, 0.3) is 0 Å². The summed E-state index contributed by atoms with van der Waals surface area (Å²) in [5.74, 6) is -0.0643. The maximum Gasteiger partial charge on any atom is 0.407 e. The topological polar surface area (TPSA) is 61.9 Å². The zero-order valence-corrected chi connectivity index (χ0v) is 16.8. The third kappa shape index (κ3) is 7.23. The molecule has 0 bridgehead atoms. The zero-order chi connectivity index (χ0) is 20.3. The summed E-state index contributed by atoms with van der Waals surface area (Å²) >= 11 is 0. The Kier molecular flexibility index (Phi) is 8.07. The Hall–Kier alpha value is -2.86. The summed E-state index contributed by atoms with van der Waals surface area (Å²) in [6.07, 6.45) is 1.63. The summed E-state index contributed by atoms with van der Waals surface area (Å²) in [6, 6.07) is 20.0. The second-order valence-electron chi connectivity index (χ2n) is 7.23. The van der Waals surface area contributed by atoms with Crippen LogP contribution in [0.1, 0.15) is 17.5 Å². The van der Waals surface area contributed by atoms with Crippen LogP contribution in [0.15, 0.2) is 60.7 Å². The molecule has 1 fully saturated rings. The van der Waals surface area contributed by atoms with Crippen LogP contribution >= 0.6 is 0 Å². The van der Waals surface area contributed by atoms with Crippen molar-refractivity contribution in [1.82, 2.24) is 15.1 Å². The van der Waals surface area contributed by atoms with Gasteiger partial charge in [-0.2, -0.15) is 0 Å². The number of carbonyl (C=O) groups excluding carboxylic acids is 2. The molecule has 29 heavy (non-hydrogen) atoms. The predicted molar refractivity (Wildman–Crippen MR) is 112 cm³/mol. The molecule has 2 aromatic rings. The first kappa shape index (κ1) is 20.9. The van der Waals surface area contributed by atoms with Gasteiger partial charge in [-0.15, -0.1) is 0 Å². The van der Waals surface area contributed by atoms with Gasteiger partial charge in [0.05, 0.1) is 0 Å². The van der Waals surface area contributed by atoms with Gasteiger partial charge in [-0.25, -0.2) is 4.79 Å². The van der Waals surface area contributed by atoms with Crippen molar-refractivity contribution in [2.24, 2.45) is 0 Å². The Balaban J connectivity index is 1.28. The first-order valence-corrected chi connectivity index (χ1v) is 10.2. The van der Waals surface area contributed by atoms with Gasteiger partial charge in [0, 0.05) is 26.2 Å². The molecule has 0 aromatic heterocycles. The highest BCUT2D eigenvalue weighted by Crippen LogP contribution is 2.07. The minimum atomic E-state index is -0.568. The van der Waals surface area contributed by atoms with E-state index < -0.39 is 6.09 Å². The van der Waals surface area contributed by atoms with Crippen molar-refractivity contribution >= 4 is 12.0 Å². The summed E-state index contributed by atoms with van der Waals surface area (Å²) < 4.78 is 5.13. The molecular formula is C23H29N3O3. The molecule has 1 saturated heterocycles. The number of carbonyl (C=O) groups is 2. The molecule has 1 aliphatic heterocycles. The average molecular weight is 396 g/mol. The molecule has 0 aliphatic carbocycles. The number of rotatable bonds is 8. The first-order valence-electron chi connectivity index (χ1n) is 10.2. The fraction of sp³-hybridized carbons (Fsp3) is 0.391. The van der Waals surface area contributed by atoms with Crippen molar-refractivity contribution in [3.63, 3.8) is 0 Å². The monoisotopic (exact) mass is 395 g/mol. The lowest BCUT2D eigenvalue weighted by molar-refractivity contribution is -0.131. The maximum atomic E-state index is 12.3. The normalized spacial score (nSPS) is 14.4. The van der Waals surface area contributed by atoms with Gasteiger partial charge in [-0.1, -0.05) is 60.7 Å². The number of alkyl carbamates (subject to hydrolysis) is 1. The first-order chi connectivity index (χ1) is 14.2. The van der Waals surface area contributed by atoms with E-state index in [0.29, 0.717) is 13.1 Å². The molecule has 1 aliphatic rings. The van der Waals surface area contributed by atoms with Gasteiger partial charge >= 0.3 is 6.09 Å². The van der Waals surface area contributed by atoms with Crippen LogP contribution in [0.3, 0.4) is 0 Å². The number of nitrogens with one attached hydrogen (secondary N) is 1. The van der Waals surface area contributed by atoms with Gasteiger partial charge in [0.25, 0.3) is 0 Å². The highest BCUT2D eigenvalue weighted by molar-refractivity contribution is 5.82. The lowest BCUT2D eigenvalue weighted by Crippen LogP contribution is -2.51. The zero-order valence-electron chi connectivity index (χ0n) is 16.8. The van der Waals surface area contributed by atoms with Gasteiger partial charge in [-0.05, 0) is 30.5 Å². The van der Waals surface area contributed by atoms with Crippen molar-refractivity contribution in [2.75, 3.05) is 39.3 Å². The minimum absolute atomic E-state index is 0.0262. The molecule has 6 heteroatoms. The van der Waals surface area contributed by atoms with Gasteiger partial charge in [0.1, 0.15) is 13.2 Å². The van der Waals surface area contributed by atoms with Crippen LogP contribution in [-0.2, 0) is 22.6 Å². The minimum Gasteiger partial charge on any atom is -0.445 e. The lowest BCUT2D eigenvalue weighted by atomic mass is 10.1. The summed E-state index contributed by atoms with van der Waals surface area (Å²) in [7, 11) is 0. The van der Waals surface area contributed by atoms with Crippen LogP contribution in [0.5, 0.6) is 0 Å². The summed E-state index contributed by atoms with van der Waals surface area (Å²) in [5.41, 5.74) is 2.28. The molecule has 2 aromatic carbocycles. The standard InChI is InChI=1S/C23H29N3O3/c27-22(18-24-23(28)29-19-21-10-5-2-6-11-21)26-16-14-25(15-17-26)13-7-12-20-8-3-1-4-9-20/h1-6,8-11H,7,12-19H2,(H,24,28). The summed E-state index contributed by atoms with van der Waals surface area (Å²) in [6.45, 7) is 4.36. The molecule has 0 saturated carbocycles. The van der Waals surface area contributed by atoms with Gasteiger partial charge in [0.15, 0.2) is 0 Å². The Bertz CT molecular complexity index is 759. The summed E-state index contributed by atoms with van der Waals surface area (Å²) in [5, 5.41) is 2.55. The second-order valence-corrected chi connectivity index (χ2v) is 7.23. The highest BCUT2D eigenvalue weighted by Gasteiger charge is 2.21. The molecule has 1 heterocycles. The largest absolute Gasteiger partial charge is 0.445 e. The second kappa shape index (κ2) is 11.2. The van der Waals surface area contributed by atoms with E-state index in [0.717, 1.165) is 38.0 Å². The highest BCUT2D eigenvalue weighted by atomic mass is 16.5. The maximum absolute atomic E-state index is 12.3. The molecule has 0 radical (unpaired) electrons. The number of nitrogens with zero attached hydrogens (tertiary/aromatic N) is 2. The van der Waals surface area contributed by atoms with Crippen molar-refractivity contribution < 1.29 is 14.3 Å². The van der Waals surface area contributed by atoms with Crippen LogP contribution in [0.4, 0.5) is 4.79 Å². The Labute approximate surface area is 172 Å². The van der Waals surface area contributed by atoms with E-state index in [9.17, 15) is 9.59 Å². The number of hydrogen-bond acceptors (Lipinski definition) is 4. The molecule has 1 N–H and O–H groups in total. The Morgan fingerprint density at radius 3 is 2.14 bits per heavy atom. The van der Waals surface area contributed by atoms with E-state index in [4.69, 9.17) is 4.74 Å². The van der Waals surface area contributed by atoms with E-state index in [-0.39, 0.29) is 19.1 Å². The predicted octanol–water partition coefficient (Wildman–Crippen LogP) is 2.69. The lowest BCUT2D eigenvalue weighted by Gasteiger charge is -2.34. The smallest absolute Gasteiger partial charge is 0.407 e. The Morgan fingerprint density at radius 1 is 0.862 bits per heavy atom. The SMILES string of the molecule is O=C(NCC(=O)N1CCN(CCCc2ccccc2)CC1)OCc1ccccc1. The number of amides is 2. The molecule has 6 nitrogen and oxygen atoms in total. The van der Waals surface area contributed by atoms with Crippen LogP contribution in [0, 0.1) is 0 Å². The van der Waals surface area contributed by atoms with Gasteiger partial charge in [-0.3, -0.25) is 9.69 Å². The summed E-state index contributed by atoms with van der Waals surface area (Å²) in [4.78, 5) is 28.3. The van der Waals surface area contributed by atoms with Gasteiger partial charge < -0.3 is 15.0 Å². The van der Waals surface area contributed by atoms with E-state index in [1.54, 1.807) is 0 Å². The van der Waals surface area contributed by atoms with Crippen molar-refractivity contribution in [2.45, 2.75) is 19.4 Å². The number of piperazine rings is 1. The number of aryl methyl sites for hydroxylation is 1. The van der Waals surface area contributed by atoms with Gasteiger partial charge in [0.2, 0.25) is 5.91 Å². The van der Waals surface area contributed by atoms with Crippen molar-refractivity contribution in [1.29, 1.82) is 0 Å². The third-order valence-corrected chi connectivity index (χ3v) is 5.10. The average Bonchev–Trinajstić information content (AvgIpc) is 2.78. The number of benzene rings is 2. The molecule has 0 unspecified atom stereocenters. The molecule has 0 spiro atoms. The molecule has 2 amide bonds. The van der Waals surface area contributed by atoms with E-state index >= 15 is 0 Å². The quantitative estimate of drug-likeness (QED) is 0.747. The molecular weight excluding hydrogens is 366 g/mol. The van der Waals surface area contributed by atoms with E-state index in [2.05, 4.69) is 34.5 Å². The van der Waals surface area contributed by atoms with Crippen molar-refractivity contribution in [3.8, 4) is 0 Å². The van der Waals surface area contributed by atoms with E-state index in [1.165, 1.54) is 5.56 Å². The fourth-order valence-electron chi connectivity index (χ4n) is 3.41. The fourth-order valence-corrected chi connectivity index (χ4v) is 3.41. The van der Waals surface area contributed by atoms with Crippen LogP contribution in [0.2, 0.25) is 0 Å². The molecule has 3 rings (SSSR count). The number of ether oxygens (including phenoxy) is 1. The third-order valence-electron chi connectivity index (χ3n) is 5.10. The van der Waals surface area contributed by atoms with Crippen LogP contribution in [-0.4, -0.2) is 61.1 Å². The van der Waals surface area contributed by atoms with Crippen LogP contribution < -0.4 is 5.32 Å². The van der Waals surface area contributed by atoms with E-state index in [1.807, 2.05) is 41.3 Å².